The topological polar surface area (TPSA) is 155 Å². The van der Waals surface area contributed by atoms with Gasteiger partial charge in [0.25, 0.3) is 5.56 Å². The van der Waals surface area contributed by atoms with Crippen molar-refractivity contribution >= 4 is 51.6 Å². The van der Waals surface area contributed by atoms with Crippen molar-refractivity contribution in [1.82, 2.24) is 24.0 Å². The number of pyridine rings is 1. The Bertz CT molecular complexity index is 1890. The van der Waals surface area contributed by atoms with Crippen LogP contribution in [0.4, 0.5) is 15.9 Å². The summed E-state index contributed by atoms with van der Waals surface area (Å²) in [6.07, 6.45) is 0.639. The van der Waals surface area contributed by atoms with Gasteiger partial charge >= 0.3 is 0 Å². The molecule has 5 N–H and O–H groups in total. The minimum atomic E-state index is -1.53. The van der Waals surface area contributed by atoms with Crippen molar-refractivity contribution < 1.29 is 19.4 Å². The van der Waals surface area contributed by atoms with Crippen LogP contribution in [0.2, 0.25) is 10.0 Å². The number of rotatable bonds is 6. The lowest BCUT2D eigenvalue weighted by molar-refractivity contribution is -0.116. The zero-order chi connectivity index (χ0) is 32.3. The van der Waals surface area contributed by atoms with E-state index in [0.717, 1.165) is 13.1 Å². The second-order valence-corrected chi connectivity index (χ2v) is 12.7. The Hall–Kier alpha value is -3.75. The number of piperazine rings is 1. The molecule has 4 aromatic rings. The van der Waals surface area contributed by atoms with Crippen molar-refractivity contribution in [2.75, 3.05) is 36.9 Å². The zero-order valence-electron chi connectivity index (χ0n) is 24.9. The summed E-state index contributed by atoms with van der Waals surface area (Å²) in [5.74, 6) is -0.664. The highest BCUT2D eigenvalue weighted by Gasteiger charge is 2.28. The van der Waals surface area contributed by atoms with E-state index in [0.29, 0.717) is 42.3 Å². The molecule has 3 aromatic heterocycles. The summed E-state index contributed by atoms with van der Waals surface area (Å²) < 4.78 is 18.0. The van der Waals surface area contributed by atoms with E-state index in [1.54, 1.807) is 16.8 Å². The Morgan fingerprint density at radius 3 is 2.67 bits per heavy atom. The molecule has 2 aliphatic rings. The molecule has 0 saturated carbocycles. The summed E-state index contributed by atoms with van der Waals surface area (Å²) in [6, 6.07) is 4.50. The highest BCUT2D eigenvalue weighted by Crippen LogP contribution is 2.38. The lowest BCUT2D eigenvalue weighted by Gasteiger charge is -2.39. The first-order valence-electron chi connectivity index (χ1n) is 14.5. The number of benzene rings is 1. The van der Waals surface area contributed by atoms with Crippen LogP contribution in [0.15, 0.2) is 29.2 Å². The third kappa shape index (κ3) is 5.74. The van der Waals surface area contributed by atoms with Gasteiger partial charge in [0.1, 0.15) is 40.8 Å². The van der Waals surface area contributed by atoms with Gasteiger partial charge in [0, 0.05) is 62.0 Å². The largest absolute Gasteiger partial charge is 0.506 e. The Morgan fingerprint density at radius 2 is 1.96 bits per heavy atom. The molecule has 2 unspecified atom stereocenters. The molecule has 0 aliphatic carbocycles. The number of carbonyl (C=O) groups excluding carboxylic acids is 1. The van der Waals surface area contributed by atoms with Crippen molar-refractivity contribution in [3.05, 3.63) is 62.1 Å². The summed E-state index contributed by atoms with van der Waals surface area (Å²) >= 11 is 12.5. The Balaban J connectivity index is 1.39. The first-order valence-corrected chi connectivity index (χ1v) is 15.3. The number of nitrogens with zero attached hydrogens (tertiary/aromatic N) is 6. The molecule has 15 heteroatoms. The van der Waals surface area contributed by atoms with Gasteiger partial charge in [-0.3, -0.25) is 14.2 Å². The number of halogens is 3. The molecule has 1 fully saturated rings. The number of aromatic hydroxyl groups is 1. The van der Waals surface area contributed by atoms with Crippen molar-refractivity contribution in [3.63, 3.8) is 0 Å². The minimum absolute atomic E-state index is 0.0289. The number of phenols is 1. The molecular weight excluding hydrogens is 626 g/mol. The number of aliphatic hydroxyl groups excluding tert-OH is 1. The van der Waals surface area contributed by atoms with Gasteiger partial charge < -0.3 is 35.6 Å². The molecule has 1 amide bonds. The number of amides is 1. The summed E-state index contributed by atoms with van der Waals surface area (Å²) in [5, 5.41) is 22.9. The normalized spacial score (nSPS) is 19.2. The maximum absolute atomic E-state index is 14.9. The van der Waals surface area contributed by atoms with Gasteiger partial charge in [0.2, 0.25) is 11.9 Å². The first-order chi connectivity index (χ1) is 21.3. The van der Waals surface area contributed by atoms with Crippen LogP contribution in [-0.4, -0.2) is 72.8 Å². The fourth-order valence-corrected chi connectivity index (χ4v) is 6.60. The van der Waals surface area contributed by atoms with Crippen LogP contribution in [0.1, 0.15) is 31.5 Å². The highest BCUT2D eigenvalue weighted by atomic mass is 35.5. The van der Waals surface area contributed by atoms with Crippen molar-refractivity contribution in [2.45, 2.75) is 45.6 Å². The highest BCUT2D eigenvalue weighted by molar-refractivity contribution is 6.34. The van der Waals surface area contributed by atoms with Crippen LogP contribution in [-0.2, 0) is 24.3 Å². The average Bonchev–Trinajstić information content (AvgIpc) is 3.52. The quantitative estimate of drug-likeness (QED) is 0.180. The number of phenolic OH excluding ortho intramolecular Hbond substituents is 1. The summed E-state index contributed by atoms with van der Waals surface area (Å²) in [4.78, 5) is 40.2. The number of nitrogens with one attached hydrogen (secondary N) is 1. The van der Waals surface area contributed by atoms with Gasteiger partial charge in [-0.1, -0.05) is 30.1 Å². The molecule has 3 atom stereocenters. The number of likely N-dealkylation sites (N-methyl/N-ethyl adjacent to an activating group) is 1. The molecule has 0 bridgehead atoms. The number of hydrogen-bond donors (Lipinski definition) is 4. The van der Waals surface area contributed by atoms with Gasteiger partial charge in [-0.2, -0.15) is 4.39 Å². The van der Waals surface area contributed by atoms with Crippen molar-refractivity contribution in [2.24, 2.45) is 11.7 Å². The fraction of sp³-hybridized carbons (Fsp3) is 0.400. The van der Waals surface area contributed by atoms with Gasteiger partial charge in [0.15, 0.2) is 0 Å². The number of nitrogens with two attached hydrogens (primary N) is 1. The van der Waals surface area contributed by atoms with Crippen molar-refractivity contribution in [3.8, 4) is 16.9 Å². The van der Waals surface area contributed by atoms with E-state index in [-0.39, 0.29) is 62.1 Å². The van der Waals surface area contributed by atoms with E-state index in [9.17, 15) is 24.2 Å². The van der Waals surface area contributed by atoms with E-state index in [2.05, 4.69) is 15.2 Å². The van der Waals surface area contributed by atoms with E-state index in [4.69, 9.17) is 33.9 Å². The Labute approximate surface area is 267 Å². The van der Waals surface area contributed by atoms with Crippen LogP contribution in [0, 0.1) is 11.9 Å². The van der Waals surface area contributed by atoms with E-state index in [1.807, 2.05) is 25.8 Å². The molecule has 45 heavy (non-hydrogen) atoms. The summed E-state index contributed by atoms with van der Waals surface area (Å²) in [5.41, 5.74) is 6.44. The van der Waals surface area contributed by atoms with Crippen LogP contribution >= 0.6 is 23.2 Å². The van der Waals surface area contributed by atoms with Gasteiger partial charge in [0.05, 0.1) is 16.1 Å². The molecule has 1 aromatic carbocycles. The monoisotopic (exact) mass is 658 g/mol. The Kier molecular flexibility index (Phi) is 8.25. The minimum Gasteiger partial charge on any atom is -0.506 e. The number of hydrogen-bond acceptors (Lipinski definition) is 9. The predicted molar refractivity (Wildman–Crippen MR) is 170 cm³/mol. The van der Waals surface area contributed by atoms with E-state index >= 15 is 0 Å². The lowest BCUT2D eigenvalue weighted by Crippen LogP contribution is -2.50. The van der Waals surface area contributed by atoms with Crippen LogP contribution in [0.5, 0.6) is 5.75 Å². The molecule has 0 radical (unpaired) electrons. The van der Waals surface area contributed by atoms with E-state index < -0.39 is 18.1 Å². The molecule has 0 spiro atoms. The average molecular weight is 660 g/mol. The van der Waals surface area contributed by atoms with Crippen LogP contribution in [0.3, 0.4) is 0 Å². The summed E-state index contributed by atoms with van der Waals surface area (Å²) in [7, 11) is 2.01. The third-order valence-corrected chi connectivity index (χ3v) is 9.07. The van der Waals surface area contributed by atoms with Crippen molar-refractivity contribution in [1.29, 1.82) is 0 Å². The molecule has 1 saturated heterocycles. The molecule has 12 nitrogen and oxygen atoms in total. The lowest BCUT2D eigenvalue weighted by atomic mass is 10.0. The van der Waals surface area contributed by atoms with Crippen LogP contribution < -0.4 is 21.5 Å². The molecule has 2 aliphatic heterocycles. The first kappa shape index (κ1) is 31.2. The maximum atomic E-state index is 14.9. The number of carbonyl (C=O) groups is 1. The Morgan fingerprint density at radius 1 is 1.20 bits per heavy atom. The number of fused-ring (bicyclic) bond motifs is 2. The second-order valence-electron chi connectivity index (χ2n) is 11.9. The number of anilines is 2. The van der Waals surface area contributed by atoms with Gasteiger partial charge in [-0.15, -0.1) is 0 Å². The molecule has 5 heterocycles. The van der Waals surface area contributed by atoms with Gasteiger partial charge in [-0.25, -0.2) is 9.97 Å². The maximum Gasteiger partial charge on any atom is 0.263 e. The zero-order valence-corrected chi connectivity index (χ0v) is 26.4. The third-order valence-electron chi connectivity index (χ3n) is 8.42. The van der Waals surface area contributed by atoms with E-state index in [1.165, 1.54) is 16.7 Å². The molecular formula is C30H33Cl2FN8O4. The SMILES string of the molecule is CC1Cc2nc3c(c(-c4cc(Cl)c(O)c(C(N)O)c4)cn3CC(=O)Nc3cc(N4CCN(C)C[C@@H]4C)nc(F)c3Cl)c(=O)n2C1. The van der Waals surface area contributed by atoms with Crippen LogP contribution in [0.25, 0.3) is 22.2 Å². The fourth-order valence-electron chi connectivity index (χ4n) is 6.23. The number of aliphatic hydroxyl groups is 1. The second kappa shape index (κ2) is 11.9. The predicted octanol–water partition coefficient (Wildman–Crippen LogP) is 3.33. The number of aromatic nitrogens is 4. The molecule has 238 valence electrons. The molecule has 6 rings (SSSR count). The standard InChI is InChI=1S/C30H33Cl2FN8O4/c1-14-6-21-37-29-24(30(45)41(21)10-14)18(16-7-17(28(34)44)26(43)19(31)8-16)12-39(29)13-23(42)35-20-9-22(36-27(33)25(20)32)40-5-4-38(3)11-15(40)2/h7-9,12,14-15,28,43-44H,4-6,10-11,13,34H2,1-3H3,(H,35,36,42)/t14?,15-,28?/m0/s1. The van der Waals surface area contributed by atoms with Gasteiger partial charge in [-0.05, 0) is 37.6 Å². The summed E-state index contributed by atoms with van der Waals surface area (Å²) in [6.45, 7) is 6.41. The smallest absolute Gasteiger partial charge is 0.263 e.